The van der Waals surface area contributed by atoms with Gasteiger partial charge >= 0.3 is 0 Å². The molecule has 2 aromatic rings. The normalized spacial score (nSPS) is 11.6. The smallest absolute Gasteiger partial charge is 0.252 e. The lowest BCUT2D eigenvalue weighted by atomic mass is 9.95. The first-order valence-corrected chi connectivity index (χ1v) is 9.09. The van der Waals surface area contributed by atoms with E-state index in [1.807, 2.05) is 44.2 Å². The highest BCUT2D eigenvalue weighted by molar-refractivity contribution is 5.99. The van der Waals surface area contributed by atoms with E-state index in [4.69, 9.17) is 14.2 Å². The van der Waals surface area contributed by atoms with Crippen LogP contribution >= 0.6 is 0 Å². The Kier molecular flexibility index (Phi) is 7.44. The molecule has 28 heavy (non-hydrogen) atoms. The van der Waals surface area contributed by atoms with Gasteiger partial charge < -0.3 is 19.5 Å². The lowest BCUT2D eigenvalue weighted by Gasteiger charge is -2.20. The number of amides is 1. The third-order valence-corrected chi connectivity index (χ3v) is 4.43. The number of ketones is 1. The first-order chi connectivity index (χ1) is 13.4. The summed E-state index contributed by atoms with van der Waals surface area (Å²) in [6.45, 7) is 3.65. The van der Waals surface area contributed by atoms with Crippen LogP contribution in [0.5, 0.6) is 17.2 Å². The quantitative estimate of drug-likeness (QED) is 0.717. The van der Waals surface area contributed by atoms with Crippen molar-refractivity contribution in [2.24, 2.45) is 5.92 Å². The summed E-state index contributed by atoms with van der Waals surface area (Å²) in [5, 5.41) is 2.86. The molecule has 1 amide bonds. The first-order valence-electron chi connectivity index (χ1n) is 9.09. The van der Waals surface area contributed by atoms with Crippen LogP contribution in [0.2, 0.25) is 0 Å². The number of hydrogen-bond acceptors (Lipinski definition) is 5. The van der Waals surface area contributed by atoms with Crippen LogP contribution in [-0.2, 0) is 11.2 Å². The number of benzene rings is 2. The van der Waals surface area contributed by atoms with Crippen molar-refractivity contribution in [2.45, 2.75) is 26.3 Å². The third-order valence-electron chi connectivity index (χ3n) is 4.43. The molecule has 0 fully saturated rings. The molecule has 2 rings (SSSR count). The summed E-state index contributed by atoms with van der Waals surface area (Å²) < 4.78 is 15.9. The molecule has 0 bridgehead atoms. The predicted octanol–water partition coefficient (Wildman–Crippen LogP) is 3.28. The highest BCUT2D eigenvalue weighted by Crippen LogP contribution is 2.38. The number of rotatable bonds is 9. The van der Waals surface area contributed by atoms with Crippen LogP contribution in [0.1, 0.15) is 29.8 Å². The molecule has 0 saturated carbocycles. The second kappa shape index (κ2) is 9.78. The lowest BCUT2D eigenvalue weighted by molar-refractivity contribution is -0.123. The summed E-state index contributed by atoms with van der Waals surface area (Å²) in [4.78, 5) is 25.6. The van der Waals surface area contributed by atoms with E-state index in [9.17, 15) is 9.59 Å². The summed E-state index contributed by atoms with van der Waals surface area (Å²) in [5.41, 5.74) is 1.30. The second-order valence-corrected chi connectivity index (χ2v) is 6.69. The van der Waals surface area contributed by atoms with Gasteiger partial charge in [-0.2, -0.15) is 0 Å². The Morgan fingerprint density at radius 1 is 0.929 bits per heavy atom. The predicted molar refractivity (Wildman–Crippen MR) is 107 cm³/mol. The molecule has 0 heterocycles. The molecule has 6 nitrogen and oxygen atoms in total. The summed E-state index contributed by atoms with van der Waals surface area (Å²) in [6.07, 6.45) is 0.425. The monoisotopic (exact) mass is 385 g/mol. The van der Waals surface area contributed by atoms with E-state index in [-0.39, 0.29) is 17.6 Å². The summed E-state index contributed by atoms with van der Waals surface area (Å²) in [7, 11) is 4.47. The fraction of sp³-hybridized carbons (Fsp3) is 0.364. The van der Waals surface area contributed by atoms with Crippen molar-refractivity contribution in [3.05, 3.63) is 53.6 Å². The maximum atomic E-state index is 12.9. The van der Waals surface area contributed by atoms with Crippen LogP contribution in [-0.4, -0.2) is 39.1 Å². The number of Topliss-reactive ketones (excluding diaryl/α,β-unsaturated/α-hetero) is 1. The molecular weight excluding hydrogens is 358 g/mol. The Morgan fingerprint density at radius 2 is 1.50 bits per heavy atom. The van der Waals surface area contributed by atoms with Gasteiger partial charge in [0.15, 0.2) is 17.3 Å². The Labute approximate surface area is 165 Å². The van der Waals surface area contributed by atoms with Crippen molar-refractivity contribution in [3.8, 4) is 17.2 Å². The summed E-state index contributed by atoms with van der Waals surface area (Å²) in [5.74, 6) is 0.553. The van der Waals surface area contributed by atoms with Crippen LogP contribution in [0.25, 0.3) is 0 Å². The highest BCUT2D eigenvalue weighted by atomic mass is 16.5. The van der Waals surface area contributed by atoms with Crippen molar-refractivity contribution in [2.75, 3.05) is 21.3 Å². The van der Waals surface area contributed by atoms with Crippen molar-refractivity contribution >= 4 is 11.7 Å². The van der Waals surface area contributed by atoms with E-state index < -0.39 is 6.04 Å². The van der Waals surface area contributed by atoms with Gasteiger partial charge in [0.25, 0.3) is 5.91 Å². The van der Waals surface area contributed by atoms with Gasteiger partial charge in [0, 0.05) is 11.5 Å². The van der Waals surface area contributed by atoms with E-state index in [2.05, 4.69) is 5.32 Å². The van der Waals surface area contributed by atoms with Gasteiger partial charge in [0.05, 0.1) is 27.4 Å². The molecule has 1 atom stereocenters. The topological polar surface area (TPSA) is 73.9 Å². The third kappa shape index (κ3) is 5.03. The molecule has 0 aliphatic heterocycles. The zero-order valence-corrected chi connectivity index (χ0v) is 16.9. The maximum absolute atomic E-state index is 12.9. The molecule has 0 aromatic heterocycles. The number of ether oxygens (including phenoxy) is 3. The average Bonchev–Trinajstić information content (AvgIpc) is 2.71. The standard InChI is InChI=1S/C22H27NO5/c1-14(2)20(24)17(11-15-9-7-6-8-10-15)23-22(25)16-12-18(26-3)21(28-5)19(13-16)27-4/h6-10,12-14,17H,11H2,1-5H3,(H,23,25)/t17-/m0/s1. The minimum absolute atomic E-state index is 0.0235. The van der Waals surface area contributed by atoms with Gasteiger partial charge in [-0.25, -0.2) is 0 Å². The van der Waals surface area contributed by atoms with Gasteiger partial charge in [-0.3, -0.25) is 9.59 Å². The van der Waals surface area contributed by atoms with Crippen molar-refractivity contribution in [1.29, 1.82) is 0 Å². The lowest BCUT2D eigenvalue weighted by Crippen LogP contribution is -2.44. The van der Waals surface area contributed by atoms with E-state index in [1.165, 1.54) is 21.3 Å². The van der Waals surface area contributed by atoms with Crippen molar-refractivity contribution in [1.82, 2.24) is 5.32 Å². The fourth-order valence-corrected chi connectivity index (χ4v) is 2.93. The Balaban J connectivity index is 2.31. The highest BCUT2D eigenvalue weighted by Gasteiger charge is 2.25. The Hall–Kier alpha value is -3.02. The SMILES string of the molecule is COc1cc(C(=O)N[C@@H](Cc2ccccc2)C(=O)C(C)C)cc(OC)c1OC. The van der Waals surface area contributed by atoms with Crippen LogP contribution in [0.3, 0.4) is 0 Å². The van der Waals surface area contributed by atoms with Gasteiger partial charge in [0.1, 0.15) is 0 Å². The molecule has 6 heteroatoms. The molecule has 0 radical (unpaired) electrons. The molecular formula is C22H27NO5. The van der Waals surface area contributed by atoms with Crippen molar-refractivity contribution in [3.63, 3.8) is 0 Å². The van der Waals surface area contributed by atoms with Crippen LogP contribution in [0.4, 0.5) is 0 Å². The van der Waals surface area contributed by atoms with E-state index in [0.717, 1.165) is 5.56 Å². The minimum Gasteiger partial charge on any atom is -0.493 e. The number of nitrogens with one attached hydrogen (secondary N) is 1. The zero-order chi connectivity index (χ0) is 20.7. The largest absolute Gasteiger partial charge is 0.493 e. The Bertz CT molecular complexity index is 792. The maximum Gasteiger partial charge on any atom is 0.252 e. The molecule has 0 spiro atoms. The number of hydrogen-bond donors (Lipinski definition) is 1. The number of methoxy groups -OCH3 is 3. The molecule has 0 unspecified atom stereocenters. The summed E-state index contributed by atoms with van der Waals surface area (Å²) >= 11 is 0. The fourth-order valence-electron chi connectivity index (χ4n) is 2.93. The van der Waals surface area contributed by atoms with Crippen molar-refractivity contribution < 1.29 is 23.8 Å². The molecule has 0 saturated heterocycles. The number of carbonyl (C=O) groups is 2. The molecule has 0 aliphatic carbocycles. The minimum atomic E-state index is -0.631. The average molecular weight is 385 g/mol. The molecule has 1 N–H and O–H groups in total. The van der Waals surface area contributed by atoms with Gasteiger partial charge in [0.2, 0.25) is 5.75 Å². The van der Waals surface area contributed by atoms with Crippen LogP contribution in [0.15, 0.2) is 42.5 Å². The summed E-state index contributed by atoms with van der Waals surface area (Å²) in [6, 6.07) is 12.1. The molecule has 2 aromatic carbocycles. The zero-order valence-electron chi connectivity index (χ0n) is 16.9. The van der Waals surface area contributed by atoms with Crippen LogP contribution in [0, 0.1) is 5.92 Å². The van der Waals surface area contributed by atoms with Crippen LogP contribution < -0.4 is 19.5 Å². The van der Waals surface area contributed by atoms with E-state index >= 15 is 0 Å². The Morgan fingerprint density at radius 3 is 1.96 bits per heavy atom. The molecule has 0 aliphatic rings. The van der Waals surface area contributed by atoms with Gasteiger partial charge in [-0.15, -0.1) is 0 Å². The second-order valence-electron chi connectivity index (χ2n) is 6.69. The van der Waals surface area contributed by atoms with Gasteiger partial charge in [-0.1, -0.05) is 44.2 Å². The van der Waals surface area contributed by atoms with E-state index in [0.29, 0.717) is 29.2 Å². The van der Waals surface area contributed by atoms with Gasteiger partial charge in [-0.05, 0) is 24.1 Å². The molecule has 150 valence electrons. The van der Waals surface area contributed by atoms with E-state index in [1.54, 1.807) is 12.1 Å². The first kappa shape index (κ1) is 21.3. The number of carbonyl (C=O) groups excluding carboxylic acids is 2.